The molecular weight excluding hydrogens is 257 g/mol. The normalized spacial score (nSPS) is 11.6. The summed E-state index contributed by atoms with van der Waals surface area (Å²) in [6.45, 7) is 4.41. The molecule has 1 atom stereocenters. The molecule has 0 spiro atoms. The molecule has 2 nitrogen and oxygen atoms in total. The van der Waals surface area contributed by atoms with Crippen LogP contribution in [0.3, 0.4) is 0 Å². The second-order valence-corrected chi connectivity index (χ2v) is 4.29. The van der Waals surface area contributed by atoms with E-state index in [-0.39, 0.29) is 6.04 Å². The van der Waals surface area contributed by atoms with Gasteiger partial charge in [-0.3, -0.25) is 0 Å². The predicted molar refractivity (Wildman–Crippen MR) is 72.8 cm³/mol. The van der Waals surface area contributed by atoms with E-state index < -0.39 is 0 Å². The zero-order valence-electron chi connectivity index (χ0n) is 9.89. The molecular formula is C13H15Cl2NO. The number of benzene rings is 1. The summed E-state index contributed by atoms with van der Waals surface area (Å²) in [5.41, 5.74) is 6.38. The van der Waals surface area contributed by atoms with E-state index in [4.69, 9.17) is 33.7 Å². The average Bonchev–Trinajstić information content (AvgIpc) is 2.31. The summed E-state index contributed by atoms with van der Waals surface area (Å²) in [6.07, 6.45) is 0.801. The predicted octanol–water partition coefficient (Wildman–Crippen LogP) is 3.48. The van der Waals surface area contributed by atoms with Crippen LogP contribution in [-0.2, 0) is 0 Å². The van der Waals surface area contributed by atoms with Crippen molar-refractivity contribution in [3.63, 3.8) is 0 Å². The molecule has 0 saturated carbocycles. The van der Waals surface area contributed by atoms with Gasteiger partial charge in [0.05, 0.1) is 22.7 Å². The van der Waals surface area contributed by atoms with E-state index in [1.54, 1.807) is 12.1 Å². The summed E-state index contributed by atoms with van der Waals surface area (Å²) in [5.74, 6) is 6.41. The maximum absolute atomic E-state index is 6.08. The molecule has 0 aliphatic heterocycles. The first-order chi connectivity index (χ1) is 8.08. The number of nitrogens with two attached hydrogens (primary N) is 1. The lowest BCUT2D eigenvalue weighted by Crippen LogP contribution is -2.15. The van der Waals surface area contributed by atoms with Crippen LogP contribution >= 0.6 is 23.2 Å². The highest BCUT2D eigenvalue weighted by Crippen LogP contribution is 2.30. The molecule has 0 heterocycles. The highest BCUT2D eigenvalue weighted by molar-refractivity contribution is 6.35. The van der Waals surface area contributed by atoms with Gasteiger partial charge < -0.3 is 10.5 Å². The Morgan fingerprint density at radius 3 is 2.59 bits per heavy atom. The van der Waals surface area contributed by atoms with Gasteiger partial charge in [-0.05, 0) is 19.4 Å². The van der Waals surface area contributed by atoms with Crippen LogP contribution in [0.4, 0.5) is 0 Å². The van der Waals surface area contributed by atoms with Gasteiger partial charge in [0.25, 0.3) is 0 Å². The SMILES string of the molecule is CCOc1cc(Cl)c(C#CC(N)CC)cc1Cl. The van der Waals surface area contributed by atoms with Crippen molar-refractivity contribution in [1.82, 2.24) is 0 Å². The van der Waals surface area contributed by atoms with Gasteiger partial charge in [-0.15, -0.1) is 0 Å². The third kappa shape index (κ3) is 4.12. The van der Waals surface area contributed by atoms with E-state index >= 15 is 0 Å². The molecule has 0 fully saturated rings. The summed E-state index contributed by atoms with van der Waals surface area (Å²) in [4.78, 5) is 0. The van der Waals surface area contributed by atoms with Crippen molar-refractivity contribution in [3.05, 3.63) is 27.7 Å². The molecule has 0 aliphatic rings. The number of hydrogen-bond acceptors (Lipinski definition) is 2. The fourth-order valence-corrected chi connectivity index (χ4v) is 1.58. The van der Waals surface area contributed by atoms with Crippen molar-refractivity contribution in [1.29, 1.82) is 0 Å². The number of hydrogen-bond donors (Lipinski definition) is 1. The van der Waals surface area contributed by atoms with Crippen molar-refractivity contribution in [2.75, 3.05) is 6.61 Å². The monoisotopic (exact) mass is 271 g/mol. The quantitative estimate of drug-likeness (QED) is 0.855. The highest BCUT2D eigenvalue weighted by Gasteiger charge is 2.06. The van der Waals surface area contributed by atoms with E-state index in [0.717, 1.165) is 6.42 Å². The van der Waals surface area contributed by atoms with Gasteiger partial charge in [0.15, 0.2) is 0 Å². The molecule has 0 radical (unpaired) electrons. The topological polar surface area (TPSA) is 35.2 Å². The smallest absolute Gasteiger partial charge is 0.139 e. The van der Waals surface area contributed by atoms with Crippen molar-refractivity contribution < 1.29 is 4.74 Å². The number of halogens is 2. The van der Waals surface area contributed by atoms with Crippen LogP contribution < -0.4 is 10.5 Å². The largest absolute Gasteiger partial charge is 0.492 e. The Hall–Kier alpha value is -0.880. The summed E-state index contributed by atoms with van der Waals surface area (Å²) in [7, 11) is 0. The van der Waals surface area contributed by atoms with Crippen molar-refractivity contribution in [2.24, 2.45) is 5.73 Å². The highest BCUT2D eigenvalue weighted by atomic mass is 35.5. The van der Waals surface area contributed by atoms with Crippen LogP contribution in [0.1, 0.15) is 25.8 Å². The van der Waals surface area contributed by atoms with Gasteiger partial charge in [-0.1, -0.05) is 42.0 Å². The van der Waals surface area contributed by atoms with E-state index in [1.165, 1.54) is 0 Å². The Bertz CT molecular complexity index is 449. The molecule has 0 aromatic heterocycles. The van der Waals surface area contributed by atoms with Crippen LogP contribution in [0.15, 0.2) is 12.1 Å². The second-order valence-electron chi connectivity index (χ2n) is 3.48. The Kier molecular flexibility index (Phi) is 5.64. The molecule has 17 heavy (non-hydrogen) atoms. The van der Waals surface area contributed by atoms with Crippen LogP contribution in [0.2, 0.25) is 10.0 Å². The van der Waals surface area contributed by atoms with E-state index in [0.29, 0.717) is 28.0 Å². The summed E-state index contributed by atoms with van der Waals surface area (Å²) >= 11 is 12.1. The van der Waals surface area contributed by atoms with Gasteiger partial charge in [-0.25, -0.2) is 0 Å². The van der Waals surface area contributed by atoms with Gasteiger partial charge >= 0.3 is 0 Å². The van der Waals surface area contributed by atoms with Crippen molar-refractivity contribution in [2.45, 2.75) is 26.3 Å². The molecule has 92 valence electrons. The summed E-state index contributed by atoms with van der Waals surface area (Å²) < 4.78 is 5.33. The Balaban J connectivity index is 3.02. The standard InChI is InChI=1S/C13H15Cl2NO/c1-3-10(16)6-5-9-7-12(15)13(17-4-2)8-11(9)14/h7-8,10H,3-4,16H2,1-2H3. The minimum atomic E-state index is -0.142. The minimum Gasteiger partial charge on any atom is -0.492 e. The van der Waals surface area contributed by atoms with E-state index in [1.807, 2.05) is 13.8 Å². The molecule has 2 N–H and O–H groups in total. The third-order valence-corrected chi connectivity index (χ3v) is 2.76. The van der Waals surface area contributed by atoms with E-state index in [2.05, 4.69) is 11.8 Å². The second kappa shape index (κ2) is 6.76. The van der Waals surface area contributed by atoms with Gasteiger partial charge in [0.1, 0.15) is 5.75 Å². The Morgan fingerprint density at radius 2 is 2.00 bits per heavy atom. The number of rotatable bonds is 3. The first-order valence-electron chi connectivity index (χ1n) is 5.47. The zero-order valence-corrected chi connectivity index (χ0v) is 11.4. The van der Waals surface area contributed by atoms with Crippen molar-refractivity contribution >= 4 is 23.2 Å². The average molecular weight is 272 g/mol. The Morgan fingerprint density at radius 1 is 1.29 bits per heavy atom. The molecule has 0 saturated heterocycles. The molecule has 1 unspecified atom stereocenters. The van der Waals surface area contributed by atoms with Crippen LogP contribution in [0, 0.1) is 11.8 Å². The number of ether oxygens (including phenoxy) is 1. The lowest BCUT2D eigenvalue weighted by molar-refractivity contribution is 0.340. The molecule has 1 aromatic rings. The molecule has 1 rings (SSSR count). The fourth-order valence-electron chi connectivity index (χ4n) is 1.16. The van der Waals surface area contributed by atoms with Gasteiger partial charge in [0.2, 0.25) is 0 Å². The Labute approximate surface area is 112 Å². The zero-order chi connectivity index (χ0) is 12.8. The molecule has 4 heteroatoms. The van der Waals surface area contributed by atoms with Gasteiger partial charge in [0, 0.05) is 11.6 Å². The first-order valence-corrected chi connectivity index (χ1v) is 6.23. The van der Waals surface area contributed by atoms with Crippen LogP contribution in [0.5, 0.6) is 5.75 Å². The molecule has 1 aromatic carbocycles. The molecule has 0 bridgehead atoms. The summed E-state index contributed by atoms with van der Waals surface area (Å²) in [6, 6.07) is 3.23. The molecule has 0 aliphatic carbocycles. The minimum absolute atomic E-state index is 0.142. The maximum atomic E-state index is 6.08. The van der Waals surface area contributed by atoms with Crippen LogP contribution in [0.25, 0.3) is 0 Å². The molecule has 0 amide bonds. The lowest BCUT2D eigenvalue weighted by Gasteiger charge is -2.07. The fraction of sp³-hybridized carbons (Fsp3) is 0.385. The van der Waals surface area contributed by atoms with Gasteiger partial charge in [-0.2, -0.15) is 0 Å². The summed E-state index contributed by atoms with van der Waals surface area (Å²) in [5, 5.41) is 1.03. The van der Waals surface area contributed by atoms with Crippen LogP contribution in [-0.4, -0.2) is 12.6 Å². The third-order valence-electron chi connectivity index (χ3n) is 2.15. The van der Waals surface area contributed by atoms with E-state index in [9.17, 15) is 0 Å². The lowest BCUT2D eigenvalue weighted by atomic mass is 10.2. The van der Waals surface area contributed by atoms with Crippen molar-refractivity contribution in [3.8, 4) is 17.6 Å². The maximum Gasteiger partial charge on any atom is 0.139 e. The first kappa shape index (κ1) is 14.2.